The molecule has 1 aromatic rings. The fourth-order valence-corrected chi connectivity index (χ4v) is 2.07. The molecule has 1 rings (SSSR count). The molecule has 8 heteroatoms. The Bertz CT molecular complexity index is 637. The molecule has 0 aliphatic carbocycles. The number of nitrogens with one attached hydrogen (secondary N) is 2. The van der Waals surface area contributed by atoms with Gasteiger partial charge in [-0.25, -0.2) is 14.4 Å². The van der Waals surface area contributed by atoms with Gasteiger partial charge in [-0.2, -0.15) is 0 Å². The summed E-state index contributed by atoms with van der Waals surface area (Å²) in [5, 5.41) is 14.1. The van der Waals surface area contributed by atoms with Gasteiger partial charge in [-0.05, 0) is 40.2 Å². The number of carboxylic acid groups (broad SMARTS) is 1. The first-order chi connectivity index (χ1) is 11.9. The Hall–Kier alpha value is -2.77. The van der Waals surface area contributed by atoms with E-state index in [1.165, 1.54) is 13.8 Å². The summed E-state index contributed by atoms with van der Waals surface area (Å²) < 4.78 is 10.2. The summed E-state index contributed by atoms with van der Waals surface area (Å²) in [5.41, 5.74) is -1.31. The van der Waals surface area contributed by atoms with E-state index in [-0.39, 0.29) is 6.61 Å². The molecular formula is C18H26N2O6. The zero-order valence-corrected chi connectivity index (χ0v) is 15.7. The highest BCUT2D eigenvalue weighted by Gasteiger charge is 2.39. The summed E-state index contributed by atoms with van der Waals surface area (Å²) in [6, 6.07) is 7.64. The van der Waals surface area contributed by atoms with E-state index < -0.39 is 35.3 Å². The summed E-state index contributed by atoms with van der Waals surface area (Å²) in [6.45, 7) is 7.95. The van der Waals surface area contributed by atoms with Crippen molar-refractivity contribution in [3.63, 3.8) is 0 Å². The zero-order valence-electron chi connectivity index (χ0n) is 15.7. The van der Waals surface area contributed by atoms with Crippen LogP contribution in [0.3, 0.4) is 0 Å². The SMILES string of the molecule is CC(C)(C)OC(=O)NC(C(=O)O)C(C)(C)NC(=O)OCc1ccccc1. The van der Waals surface area contributed by atoms with Crippen LogP contribution in [0.1, 0.15) is 40.2 Å². The molecule has 0 saturated heterocycles. The van der Waals surface area contributed by atoms with E-state index in [0.29, 0.717) is 0 Å². The topological polar surface area (TPSA) is 114 Å². The van der Waals surface area contributed by atoms with E-state index in [9.17, 15) is 19.5 Å². The second-order valence-electron chi connectivity index (χ2n) is 7.33. The third-order valence-electron chi connectivity index (χ3n) is 3.27. The van der Waals surface area contributed by atoms with Crippen LogP contribution in [0.2, 0.25) is 0 Å². The van der Waals surface area contributed by atoms with Gasteiger partial charge < -0.3 is 25.2 Å². The number of aliphatic carboxylic acids is 1. The molecule has 1 atom stereocenters. The predicted octanol–water partition coefficient (Wildman–Crippen LogP) is 2.67. The largest absolute Gasteiger partial charge is 0.480 e. The van der Waals surface area contributed by atoms with Crippen molar-refractivity contribution in [1.29, 1.82) is 0 Å². The first-order valence-corrected chi connectivity index (χ1v) is 8.12. The lowest BCUT2D eigenvalue weighted by atomic mass is 9.95. The van der Waals surface area contributed by atoms with Gasteiger partial charge in [0.15, 0.2) is 6.04 Å². The van der Waals surface area contributed by atoms with Gasteiger partial charge >= 0.3 is 18.2 Å². The van der Waals surface area contributed by atoms with Crippen LogP contribution in [0.5, 0.6) is 0 Å². The van der Waals surface area contributed by atoms with Crippen molar-refractivity contribution in [2.24, 2.45) is 0 Å². The Morgan fingerprint density at radius 3 is 2.12 bits per heavy atom. The van der Waals surface area contributed by atoms with Gasteiger partial charge in [0, 0.05) is 0 Å². The fourth-order valence-electron chi connectivity index (χ4n) is 2.07. The number of carboxylic acids is 1. The van der Waals surface area contributed by atoms with Gasteiger partial charge in [0.05, 0.1) is 5.54 Å². The molecule has 0 radical (unpaired) electrons. The summed E-state index contributed by atoms with van der Waals surface area (Å²) in [4.78, 5) is 35.4. The summed E-state index contributed by atoms with van der Waals surface area (Å²) >= 11 is 0. The van der Waals surface area contributed by atoms with Gasteiger partial charge in [-0.1, -0.05) is 30.3 Å². The van der Waals surface area contributed by atoms with Gasteiger partial charge in [-0.3, -0.25) is 0 Å². The number of alkyl carbamates (subject to hydrolysis) is 2. The highest BCUT2D eigenvalue weighted by molar-refractivity contribution is 5.82. The van der Waals surface area contributed by atoms with Crippen LogP contribution >= 0.6 is 0 Å². The van der Waals surface area contributed by atoms with Crippen LogP contribution in [0, 0.1) is 0 Å². The number of hydrogen-bond donors (Lipinski definition) is 3. The van der Waals surface area contributed by atoms with E-state index in [1.807, 2.05) is 18.2 Å². The first-order valence-electron chi connectivity index (χ1n) is 8.12. The fraction of sp³-hybridized carbons (Fsp3) is 0.500. The number of benzene rings is 1. The Morgan fingerprint density at radius 2 is 1.62 bits per heavy atom. The molecule has 0 aliphatic rings. The molecule has 0 saturated carbocycles. The molecule has 0 spiro atoms. The first kappa shape index (κ1) is 21.3. The molecule has 1 aromatic carbocycles. The third-order valence-corrected chi connectivity index (χ3v) is 3.27. The van der Waals surface area contributed by atoms with Crippen LogP contribution in [-0.4, -0.2) is 40.4 Å². The number of carbonyl (C=O) groups excluding carboxylic acids is 2. The van der Waals surface area contributed by atoms with Crippen molar-refractivity contribution in [2.45, 2.75) is 58.4 Å². The maximum Gasteiger partial charge on any atom is 0.408 e. The number of rotatable bonds is 6. The summed E-state index contributed by atoms with van der Waals surface area (Å²) in [5.74, 6) is -1.32. The smallest absolute Gasteiger partial charge is 0.408 e. The van der Waals surface area contributed by atoms with Crippen molar-refractivity contribution >= 4 is 18.2 Å². The quantitative estimate of drug-likeness (QED) is 0.713. The minimum Gasteiger partial charge on any atom is -0.480 e. The van der Waals surface area contributed by atoms with E-state index in [0.717, 1.165) is 5.56 Å². The van der Waals surface area contributed by atoms with Crippen molar-refractivity contribution in [2.75, 3.05) is 0 Å². The monoisotopic (exact) mass is 366 g/mol. The number of hydrogen-bond acceptors (Lipinski definition) is 5. The average molecular weight is 366 g/mol. The van der Waals surface area contributed by atoms with Gasteiger partial charge in [0.25, 0.3) is 0 Å². The second-order valence-corrected chi connectivity index (χ2v) is 7.33. The minimum atomic E-state index is -1.42. The van der Waals surface area contributed by atoms with Gasteiger partial charge in [0.1, 0.15) is 12.2 Å². The number of amides is 2. The van der Waals surface area contributed by atoms with Crippen molar-refractivity contribution in [3.8, 4) is 0 Å². The molecule has 0 aromatic heterocycles. The third kappa shape index (κ3) is 7.42. The molecule has 1 unspecified atom stereocenters. The van der Waals surface area contributed by atoms with Crippen LogP contribution < -0.4 is 10.6 Å². The Labute approximate surface area is 152 Å². The lowest BCUT2D eigenvalue weighted by Crippen LogP contribution is -2.62. The van der Waals surface area contributed by atoms with E-state index in [2.05, 4.69) is 10.6 Å². The molecule has 26 heavy (non-hydrogen) atoms. The van der Waals surface area contributed by atoms with Crippen LogP contribution in [0.15, 0.2) is 30.3 Å². The Morgan fingerprint density at radius 1 is 1.04 bits per heavy atom. The average Bonchev–Trinajstić information content (AvgIpc) is 2.49. The summed E-state index contributed by atoms with van der Waals surface area (Å²) in [6.07, 6.45) is -1.69. The van der Waals surface area contributed by atoms with Crippen LogP contribution in [-0.2, 0) is 20.9 Å². The minimum absolute atomic E-state index is 0.0417. The maximum atomic E-state index is 12.0. The van der Waals surface area contributed by atoms with Crippen LogP contribution in [0.25, 0.3) is 0 Å². The molecule has 0 aliphatic heterocycles. The van der Waals surface area contributed by atoms with E-state index in [1.54, 1.807) is 32.9 Å². The van der Waals surface area contributed by atoms with Crippen molar-refractivity contribution < 1.29 is 29.0 Å². The molecule has 0 fully saturated rings. The van der Waals surface area contributed by atoms with Crippen molar-refractivity contribution in [3.05, 3.63) is 35.9 Å². The Balaban J connectivity index is 2.69. The summed E-state index contributed by atoms with van der Waals surface area (Å²) in [7, 11) is 0. The molecule has 8 nitrogen and oxygen atoms in total. The predicted molar refractivity (Wildman–Crippen MR) is 94.6 cm³/mol. The highest BCUT2D eigenvalue weighted by atomic mass is 16.6. The van der Waals surface area contributed by atoms with Crippen molar-refractivity contribution in [1.82, 2.24) is 10.6 Å². The molecule has 144 valence electrons. The van der Waals surface area contributed by atoms with Gasteiger partial charge in [-0.15, -0.1) is 0 Å². The van der Waals surface area contributed by atoms with Crippen LogP contribution in [0.4, 0.5) is 9.59 Å². The zero-order chi connectivity index (χ0) is 20.0. The molecular weight excluding hydrogens is 340 g/mol. The lowest BCUT2D eigenvalue weighted by Gasteiger charge is -2.33. The Kier molecular flexibility index (Phi) is 7.00. The van der Waals surface area contributed by atoms with E-state index >= 15 is 0 Å². The normalized spacial score (nSPS) is 12.7. The lowest BCUT2D eigenvalue weighted by molar-refractivity contribution is -0.141. The number of carbonyl (C=O) groups is 3. The maximum absolute atomic E-state index is 12.0. The molecule has 0 bridgehead atoms. The second kappa shape index (κ2) is 8.55. The molecule has 0 heterocycles. The number of ether oxygens (including phenoxy) is 2. The van der Waals surface area contributed by atoms with Gasteiger partial charge in [0.2, 0.25) is 0 Å². The van der Waals surface area contributed by atoms with E-state index in [4.69, 9.17) is 9.47 Å². The highest BCUT2D eigenvalue weighted by Crippen LogP contribution is 2.13. The molecule has 3 N–H and O–H groups in total. The standard InChI is InChI=1S/C18H26N2O6/c1-17(2,3)26-15(23)19-13(14(21)22)18(4,5)20-16(24)25-11-12-9-7-6-8-10-12/h6-10,13H,11H2,1-5H3,(H,19,23)(H,20,24)(H,21,22). The molecule has 2 amide bonds.